The molecule has 4 nitrogen and oxygen atoms in total. The lowest BCUT2D eigenvalue weighted by molar-refractivity contribution is -0.211. The van der Waals surface area contributed by atoms with Crippen LogP contribution in [0.25, 0.3) is 0 Å². The molecule has 1 saturated carbocycles. The molecule has 1 spiro atoms. The lowest BCUT2D eigenvalue weighted by atomic mass is 9.82. The third kappa shape index (κ3) is 2.74. The molecule has 0 aromatic rings. The van der Waals surface area contributed by atoms with Gasteiger partial charge in [-0.05, 0) is 38.5 Å². The van der Waals surface area contributed by atoms with Crippen LogP contribution in [0, 0.1) is 5.92 Å². The Balaban J connectivity index is 2.14. The summed E-state index contributed by atoms with van der Waals surface area (Å²) in [6.45, 7) is 5.15. The van der Waals surface area contributed by atoms with Gasteiger partial charge in [-0.25, -0.2) is 0 Å². The van der Waals surface area contributed by atoms with Crippen molar-refractivity contribution in [3.8, 4) is 0 Å². The Bertz CT molecular complexity index is 338. The standard InChI is InChI=1S/C14H23NO3/c1-11-5-3-6-14(10-11)15(7-4-8-18-14)13(17)9-12(2)16/h11H,3-10H2,1-2H3. The summed E-state index contributed by atoms with van der Waals surface area (Å²) >= 11 is 0. The fraction of sp³-hybridized carbons (Fsp3) is 0.857. The minimum Gasteiger partial charge on any atom is -0.355 e. The Morgan fingerprint density at radius 3 is 2.83 bits per heavy atom. The van der Waals surface area contributed by atoms with E-state index in [9.17, 15) is 9.59 Å². The van der Waals surface area contributed by atoms with Gasteiger partial charge in [0.1, 0.15) is 11.5 Å². The van der Waals surface area contributed by atoms with Crippen LogP contribution in [-0.2, 0) is 14.3 Å². The van der Waals surface area contributed by atoms with Gasteiger partial charge in [-0.3, -0.25) is 9.59 Å². The summed E-state index contributed by atoms with van der Waals surface area (Å²) in [6, 6.07) is 0. The summed E-state index contributed by atoms with van der Waals surface area (Å²) < 4.78 is 5.99. The van der Waals surface area contributed by atoms with Gasteiger partial charge in [-0.2, -0.15) is 0 Å². The van der Waals surface area contributed by atoms with Crippen LogP contribution in [0.2, 0.25) is 0 Å². The number of hydrogen-bond acceptors (Lipinski definition) is 3. The Labute approximate surface area is 109 Å². The molecule has 2 atom stereocenters. The fourth-order valence-corrected chi connectivity index (χ4v) is 3.28. The van der Waals surface area contributed by atoms with E-state index in [0.29, 0.717) is 5.92 Å². The molecule has 4 heteroatoms. The number of amides is 1. The van der Waals surface area contributed by atoms with Gasteiger partial charge in [0.2, 0.25) is 5.91 Å². The maximum Gasteiger partial charge on any atom is 0.232 e. The molecule has 18 heavy (non-hydrogen) atoms. The van der Waals surface area contributed by atoms with E-state index in [-0.39, 0.29) is 18.1 Å². The van der Waals surface area contributed by atoms with E-state index in [2.05, 4.69) is 6.92 Å². The summed E-state index contributed by atoms with van der Waals surface area (Å²) in [7, 11) is 0. The van der Waals surface area contributed by atoms with Gasteiger partial charge in [-0.15, -0.1) is 0 Å². The monoisotopic (exact) mass is 253 g/mol. The molecule has 0 N–H and O–H groups in total. The summed E-state index contributed by atoms with van der Waals surface area (Å²) in [6.07, 6.45) is 5.03. The molecule has 1 aliphatic heterocycles. The molecule has 0 radical (unpaired) electrons. The Morgan fingerprint density at radius 1 is 1.39 bits per heavy atom. The summed E-state index contributed by atoms with van der Waals surface area (Å²) in [5.41, 5.74) is -0.414. The first-order chi connectivity index (χ1) is 8.53. The van der Waals surface area contributed by atoms with Crippen molar-refractivity contribution in [2.75, 3.05) is 13.2 Å². The maximum atomic E-state index is 12.2. The molecule has 0 bridgehead atoms. The van der Waals surface area contributed by atoms with E-state index in [0.717, 1.165) is 38.8 Å². The molecule has 0 aromatic heterocycles. The van der Waals surface area contributed by atoms with Crippen molar-refractivity contribution in [2.45, 2.75) is 58.1 Å². The van der Waals surface area contributed by atoms with Crippen molar-refractivity contribution in [3.05, 3.63) is 0 Å². The second-order valence-electron chi connectivity index (χ2n) is 5.77. The molecule has 1 heterocycles. The first kappa shape index (κ1) is 13.5. The topological polar surface area (TPSA) is 46.6 Å². The SMILES string of the molecule is CC(=O)CC(=O)N1CCCOC12CCCC(C)C2. The number of Topliss-reactive ketones (excluding diaryl/α,β-unsaturated/α-hetero) is 1. The van der Waals surface area contributed by atoms with Crippen molar-refractivity contribution >= 4 is 11.7 Å². The van der Waals surface area contributed by atoms with Crippen LogP contribution in [0.3, 0.4) is 0 Å². The predicted molar refractivity (Wildman–Crippen MR) is 67.9 cm³/mol. The van der Waals surface area contributed by atoms with Gasteiger partial charge in [-0.1, -0.05) is 13.3 Å². The predicted octanol–water partition coefficient (Wildman–Crippen LogP) is 2.12. The quantitative estimate of drug-likeness (QED) is 0.708. The van der Waals surface area contributed by atoms with E-state index in [1.165, 1.54) is 13.3 Å². The van der Waals surface area contributed by atoms with Gasteiger partial charge in [0.05, 0.1) is 13.0 Å². The van der Waals surface area contributed by atoms with Crippen molar-refractivity contribution in [2.24, 2.45) is 5.92 Å². The number of ether oxygens (including phenoxy) is 1. The average molecular weight is 253 g/mol. The highest BCUT2D eigenvalue weighted by Crippen LogP contribution is 2.40. The zero-order chi connectivity index (χ0) is 13.2. The zero-order valence-electron chi connectivity index (χ0n) is 11.4. The Morgan fingerprint density at radius 2 is 2.17 bits per heavy atom. The van der Waals surface area contributed by atoms with Crippen LogP contribution in [0.1, 0.15) is 52.4 Å². The number of rotatable bonds is 2. The van der Waals surface area contributed by atoms with Crippen molar-refractivity contribution in [3.63, 3.8) is 0 Å². The van der Waals surface area contributed by atoms with E-state index in [1.54, 1.807) is 0 Å². The minimum absolute atomic E-state index is 0.0134. The molecule has 2 rings (SSSR count). The van der Waals surface area contributed by atoms with Gasteiger partial charge in [0.25, 0.3) is 0 Å². The van der Waals surface area contributed by atoms with Crippen LogP contribution in [0.4, 0.5) is 0 Å². The van der Waals surface area contributed by atoms with Crippen LogP contribution >= 0.6 is 0 Å². The Kier molecular flexibility index (Phi) is 4.05. The fourth-order valence-electron chi connectivity index (χ4n) is 3.28. The Hall–Kier alpha value is -0.900. The van der Waals surface area contributed by atoms with E-state index in [4.69, 9.17) is 4.74 Å². The first-order valence-electron chi connectivity index (χ1n) is 6.97. The highest BCUT2D eigenvalue weighted by molar-refractivity contribution is 5.97. The third-order valence-corrected chi connectivity index (χ3v) is 4.02. The van der Waals surface area contributed by atoms with Gasteiger partial charge in [0, 0.05) is 6.54 Å². The molecule has 2 aliphatic rings. The van der Waals surface area contributed by atoms with E-state index >= 15 is 0 Å². The zero-order valence-corrected chi connectivity index (χ0v) is 11.4. The van der Waals surface area contributed by atoms with Crippen molar-refractivity contribution < 1.29 is 14.3 Å². The molecule has 102 valence electrons. The third-order valence-electron chi connectivity index (χ3n) is 4.02. The number of carbonyl (C=O) groups is 2. The lowest BCUT2D eigenvalue weighted by Gasteiger charge is -2.50. The largest absolute Gasteiger partial charge is 0.355 e. The molecule has 0 aromatic carbocycles. The van der Waals surface area contributed by atoms with Gasteiger partial charge >= 0.3 is 0 Å². The van der Waals surface area contributed by atoms with Crippen LogP contribution < -0.4 is 0 Å². The van der Waals surface area contributed by atoms with Crippen molar-refractivity contribution in [1.29, 1.82) is 0 Å². The van der Waals surface area contributed by atoms with Gasteiger partial charge < -0.3 is 9.64 Å². The summed E-state index contributed by atoms with van der Waals surface area (Å²) in [5.74, 6) is 0.463. The first-order valence-corrected chi connectivity index (χ1v) is 6.97. The molecular weight excluding hydrogens is 230 g/mol. The molecule has 1 aliphatic carbocycles. The molecule has 2 fully saturated rings. The summed E-state index contributed by atoms with van der Waals surface area (Å²) in [4.78, 5) is 25.2. The highest BCUT2D eigenvalue weighted by Gasteiger charge is 2.45. The molecular formula is C14H23NO3. The van der Waals surface area contributed by atoms with Crippen LogP contribution in [-0.4, -0.2) is 35.5 Å². The second-order valence-corrected chi connectivity index (χ2v) is 5.77. The van der Waals surface area contributed by atoms with Crippen LogP contribution in [0.15, 0.2) is 0 Å². The molecule has 2 unspecified atom stereocenters. The maximum absolute atomic E-state index is 12.2. The van der Waals surface area contributed by atoms with Crippen molar-refractivity contribution in [1.82, 2.24) is 4.90 Å². The van der Waals surface area contributed by atoms with Crippen LogP contribution in [0.5, 0.6) is 0 Å². The number of ketones is 1. The normalized spacial score (nSPS) is 32.6. The lowest BCUT2D eigenvalue weighted by Crippen LogP contribution is -2.59. The minimum atomic E-state index is -0.414. The second kappa shape index (κ2) is 5.39. The van der Waals surface area contributed by atoms with Gasteiger partial charge in [0.15, 0.2) is 0 Å². The number of carbonyl (C=O) groups excluding carboxylic acids is 2. The number of hydrogen-bond donors (Lipinski definition) is 0. The molecule has 1 saturated heterocycles. The number of nitrogens with zero attached hydrogens (tertiary/aromatic N) is 1. The van der Waals surface area contributed by atoms with E-state index in [1.807, 2.05) is 4.90 Å². The summed E-state index contributed by atoms with van der Waals surface area (Å²) in [5, 5.41) is 0. The molecule has 1 amide bonds. The smallest absolute Gasteiger partial charge is 0.232 e. The van der Waals surface area contributed by atoms with E-state index < -0.39 is 5.72 Å². The highest BCUT2D eigenvalue weighted by atomic mass is 16.5. The average Bonchev–Trinajstić information content (AvgIpc) is 2.28.